The molecule has 5 nitrogen and oxygen atoms in total. The lowest BCUT2D eigenvalue weighted by Crippen LogP contribution is -1.87. The summed E-state index contributed by atoms with van der Waals surface area (Å²) in [6.07, 6.45) is 1.94. The molecule has 1 N–H and O–H groups in total. The van der Waals surface area contributed by atoms with Crippen molar-refractivity contribution in [2.24, 2.45) is 0 Å². The van der Waals surface area contributed by atoms with Crippen molar-refractivity contribution in [1.82, 2.24) is 24.8 Å². The van der Waals surface area contributed by atoms with E-state index >= 15 is 0 Å². The van der Waals surface area contributed by atoms with Gasteiger partial charge in [-0.2, -0.15) is 9.50 Å². The maximum atomic E-state index is 5.84. The van der Waals surface area contributed by atoms with Crippen molar-refractivity contribution < 1.29 is 0 Å². The molecule has 0 amide bonds. The van der Waals surface area contributed by atoms with Crippen LogP contribution in [0.1, 0.15) is 0 Å². The summed E-state index contributed by atoms with van der Waals surface area (Å²) in [6.45, 7) is 0. The Morgan fingerprint density at radius 3 is 2.71 bits per heavy atom. The third-order valence-electron chi connectivity index (χ3n) is 2.35. The Morgan fingerprint density at radius 1 is 1.24 bits per heavy atom. The molecule has 2 heterocycles. The zero-order chi connectivity index (χ0) is 11.8. The lowest BCUT2D eigenvalue weighted by Gasteiger charge is -1.95. The number of H-pyrrole nitrogens is 1. The normalized spacial score (nSPS) is 11.2. The molecule has 0 fully saturated rings. The highest BCUT2D eigenvalue weighted by Crippen LogP contribution is 2.20. The number of aromatic amines is 1. The van der Waals surface area contributed by atoms with Gasteiger partial charge >= 0.3 is 0 Å². The Hall–Kier alpha value is -1.53. The van der Waals surface area contributed by atoms with Gasteiger partial charge in [-0.05, 0) is 30.5 Å². The minimum absolute atomic E-state index is 0.569. The molecule has 0 unspecified atom stereocenters. The molecule has 0 atom stereocenters. The average molecular weight is 266 g/mol. The van der Waals surface area contributed by atoms with Gasteiger partial charge in [-0.3, -0.25) is 5.10 Å². The first kappa shape index (κ1) is 10.6. The molecule has 3 aromatic rings. The second-order valence-electron chi connectivity index (χ2n) is 3.40. The highest BCUT2D eigenvalue weighted by atomic mass is 35.5. The fourth-order valence-corrected chi connectivity index (χ4v) is 2.09. The molecule has 7 heteroatoms. The summed E-state index contributed by atoms with van der Waals surface area (Å²) in [5, 5.41) is 12.6. The molecule has 3 rings (SSSR count). The van der Waals surface area contributed by atoms with Crippen LogP contribution >= 0.6 is 23.4 Å². The number of thioether (sulfide) groups is 1. The first-order valence-corrected chi connectivity index (χ1v) is 6.49. The van der Waals surface area contributed by atoms with Gasteiger partial charge in [0.15, 0.2) is 5.82 Å². The summed E-state index contributed by atoms with van der Waals surface area (Å²) in [5.41, 5.74) is 0.965. The fourth-order valence-electron chi connectivity index (χ4n) is 1.53. The molecular weight excluding hydrogens is 258 g/mol. The highest BCUT2D eigenvalue weighted by molar-refractivity contribution is 7.98. The van der Waals surface area contributed by atoms with Crippen molar-refractivity contribution in [2.75, 3.05) is 6.26 Å². The Kier molecular flexibility index (Phi) is 2.53. The molecule has 0 radical (unpaired) electrons. The van der Waals surface area contributed by atoms with E-state index < -0.39 is 0 Å². The summed E-state index contributed by atoms with van der Waals surface area (Å²) in [5.74, 6) is 1.32. The smallest absolute Gasteiger partial charge is 0.272 e. The number of halogens is 1. The van der Waals surface area contributed by atoms with Gasteiger partial charge in [-0.15, -0.1) is 10.2 Å². The number of fused-ring (bicyclic) bond motifs is 1. The molecule has 0 saturated carbocycles. The van der Waals surface area contributed by atoms with E-state index in [1.807, 2.05) is 30.5 Å². The van der Waals surface area contributed by atoms with Gasteiger partial charge in [0.25, 0.3) is 5.78 Å². The van der Waals surface area contributed by atoms with Gasteiger partial charge < -0.3 is 0 Å². The number of benzene rings is 1. The molecule has 0 aliphatic carbocycles. The molecule has 0 aliphatic heterocycles. The van der Waals surface area contributed by atoms with Crippen molar-refractivity contribution in [1.29, 1.82) is 0 Å². The molecule has 1 aromatic carbocycles. The fraction of sp³-hybridized carbons (Fsp3) is 0.100. The number of nitrogens with zero attached hydrogens (tertiary/aromatic N) is 4. The van der Waals surface area contributed by atoms with Crippen LogP contribution in [0.25, 0.3) is 17.2 Å². The van der Waals surface area contributed by atoms with Crippen LogP contribution < -0.4 is 0 Å². The molecule has 0 bridgehead atoms. The van der Waals surface area contributed by atoms with Crippen LogP contribution in [0.3, 0.4) is 0 Å². The monoisotopic (exact) mass is 265 g/mol. The molecule has 86 valence electrons. The molecule has 0 saturated heterocycles. The van der Waals surface area contributed by atoms with Crippen LogP contribution in [0.15, 0.2) is 29.4 Å². The van der Waals surface area contributed by atoms with Gasteiger partial charge in [-0.25, -0.2) is 0 Å². The maximum Gasteiger partial charge on any atom is 0.272 e. The Labute approximate surface area is 106 Å². The third-order valence-corrected chi connectivity index (χ3v) is 3.23. The Bertz CT molecular complexity index is 657. The van der Waals surface area contributed by atoms with Crippen molar-refractivity contribution in [3.05, 3.63) is 29.3 Å². The van der Waals surface area contributed by atoms with E-state index in [2.05, 4.69) is 20.3 Å². The Balaban J connectivity index is 2.11. The van der Waals surface area contributed by atoms with Gasteiger partial charge in [-0.1, -0.05) is 23.4 Å². The average Bonchev–Trinajstić information content (AvgIpc) is 2.89. The molecule has 17 heavy (non-hydrogen) atoms. The lowest BCUT2D eigenvalue weighted by atomic mass is 10.2. The van der Waals surface area contributed by atoms with Crippen LogP contribution in [-0.4, -0.2) is 31.1 Å². The summed E-state index contributed by atoms with van der Waals surface area (Å²) in [6, 6.07) is 7.48. The largest absolute Gasteiger partial charge is 0.272 e. The van der Waals surface area contributed by atoms with Crippen LogP contribution in [0.5, 0.6) is 0 Å². The number of hydrogen-bond donors (Lipinski definition) is 1. The summed E-state index contributed by atoms with van der Waals surface area (Å²) < 4.78 is 1.76. The summed E-state index contributed by atoms with van der Waals surface area (Å²) in [4.78, 5) is 4.36. The summed E-state index contributed by atoms with van der Waals surface area (Å²) >= 11 is 7.36. The minimum Gasteiger partial charge on any atom is -0.272 e. The van der Waals surface area contributed by atoms with Crippen LogP contribution in [-0.2, 0) is 0 Å². The highest BCUT2D eigenvalue weighted by Gasteiger charge is 2.10. The molecule has 0 spiro atoms. The zero-order valence-corrected chi connectivity index (χ0v) is 10.5. The SMILES string of the molecule is CSc1nnc2nc(-c3ccc(Cl)cc3)[nH]n12. The van der Waals surface area contributed by atoms with E-state index in [1.165, 1.54) is 11.8 Å². The van der Waals surface area contributed by atoms with E-state index in [-0.39, 0.29) is 0 Å². The minimum atomic E-state index is 0.569. The first-order chi connectivity index (χ1) is 8.28. The standard InChI is InChI=1S/C10H8ClN5S/c1-17-10-14-13-9-12-8(15-16(9)10)6-2-4-7(11)5-3-6/h2-5H,1H3,(H,12,13,15). The van der Waals surface area contributed by atoms with Gasteiger partial charge in [0.05, 0.1) is 0 Å². The van der Waals surface area contributed by atoms with E-state index in [1.54, 1.807) is 4.52 Å². The van der Waals surface area contributed by atoms with Crippen molar-refractivity contribution in [3.8, 4) is 11.4 Å². The van der Waals surface area contributed by atoms with Crippen molar-refractivity contribution in [3.63, 3.8) is 0 Å². The van der Waals surface area contributed by atoms with Gasteiger partial charge in [0.2, 0.25) is 5.16 Å². The summed E-state index contributed by atoms with van der Waals surface area (Å²) in [7, 11) is 0. The second kappa shape index (κ2) is 4.05. The number of hydrogen-bond acceptors (Lipinski definition) is 4. The molecular formula is C10H8ClN5S. The Morgan fingerprint density at radius 2 is 2.00 bits per heavy atom. The lowest BCUT2D eigenvalue weighted by molar-refractivity contribution is 0.827. The number of nitrogens with one attached hydrogen (secondary N) is 1. The van der Waals surface area contributed by atoms with E-state index in [0.717, 1.165) is 16.5 Å². The molecule has 0 aliphatic rings. The molecule has 2 aromatic heterocycles. The van der Waals surface area contributed by atoms with E-state index in [9.17, 15) is 0 Å². The predicted molar refractivity (Wildman–Crippen MR) is 67.4 cm³/mol. The van der Waals surface area contributed by atoms with Crippen LogP contribution in [0.2, 0.25) is 5.02 Å². The maximum absolute atomic E-state index is 5.84. The van der Waals surface area contributed by atoms with Gasteiger partial charge in [0.1, 0.15) is 0 Å². The van der Waals surface area contributed by atoms with Crippen LogP contribution in [0.4, 0.5) is 0 Å². The van der Waals surface area contributed by atoms with Gasteiger partial charge in [0, 0.05) is 10.6 Å². The topological polar surface area (TPSA) is 58.9 Å². The number of aromatic nitrogens is 5. The number of rotatable bonds is 2. The van der Waals surface area contributed by atoms with Crippen molar-refractivity contribution >= 4 is 29.1 Å². The van der Waals surface area contributed by atoms with Crippen LogP contribution in [0, 0.1) is 0 Å². The first-order valence-electron chi connectivity index (χ1n) is 4.89. The third kappa shape index (κ3) is 1.79. The predicted octanol–water partition coefficient (Wildman–Crippen LogP) is 2.49. The quantitative estimate of drug-likeness (QED) is 0.723. The zero-order valence-electron chi connectivity index (χ0n) is 8.88. The van der Waals surface area contributed by atoms with E-state index in [4.69, 9.17) is 11.6 Å². The van der Waals surface area contributed by atoms with E-state index in [0.29, 0.717) is 10.8 Å². The second-order valence-corrected chi connectivity index (χ2v) is 4.61. The van der Waals surface area contributed by atoms with Crippen molar-refractivity contribution in [2.45, 2.75) is 5.16 Å².